The first-order valence-electron chi connectivity index (χ1n) is 5.28. The lowest BCUT2D eigenvalue weighted by molar-refractivity contribution is 0.749. The fourth-order valence-electron chi connectivity index (χ4n) is 1.92. The molecule has 16 heavy (non-hydrogen) atoms. The molecule has 0 aromatic carbocycles. The molecule has 3 heteroatoms. The molecule has 0 unspecified atom stereocenters. The molecule has 2 aromatic heterocycles. The zero-order chi connectivity index (χ0) is 11.5. The van der Waals surface area contributed by atoms with E-state index in [0.29, 0.717) is 0 Å². The van der Waals surface area contributed by atoms with Gasteiger partial charge in [-0.15, -0.1) is 0 Å². The normalized spacial score (nSPS) is 10.1. The van der Waals surface area contributed by atoms with Crippen molar-refractivity contribution in [2.75, 3.05) is 0 Å². The number of pyridine rings is 1. The highest BCUT2D eigenvalue weighted by atomic mass is 15.0. The third kappa shape index (κ3) is 1.59. The van der Waals surface area contributed by atoms with Crippen LogP contribution in [0.1, 0.15) is 18.2 Å². The summed E-state index contributed by atoms with van der Waals surface area (Å²) in [6.07, 6.45) is 3.57. The van der Waals surface area contributed by atoms with Crippen LogP contribution < -0.4 is 0 Å². The molecule has 80 valence electrons. The molecule has 2 heterocycles. The summed E-state index contributed by atoms with van der Waals surface area (Å²) in [6.45, 7) is 4.91. The largest absolute Gasteiger partial charge is 0.344 e. The molecule has 0 atom stereocenters. The van der Waals surface area contributed by atoms with Gasteiger partial charge in [0.05, 0.1) is 11.3 Å². The third-order valence-electron chi connectivity index (χ3n) is 2.76. The number of rotatable bonds is 2. The van der Waals surface area contributed by atoms with Crippen LogP contribution in [0, 0.1) is 18.3 Å². The predicted molar refractivity (Wildman–Crippen MR) is 62.8 cm³/mol. The van der Waals surface area contributed by atoms with Crippen LogP contribution in [0.2, 0.25) is 0 Å². The molecule has 0 saturated heterocycles. The molecule has 0 N–H and O–H groups in total. The second kappa shape index (κ2) is 4.19. The summed E-state index contributed by atoms with van der Waals surface area (Å²) in [5, 5.41) is 9.02. The van der Waals surface area contributed by atoms with Crippen LogP contribution in [0.25, 0.3) is 11.3 Å². The molecule has 0 amide bonds. The van der Waals surface area contributed by atoms with Crippen molar-refractivity contribution in [2.24, 2.45) is 0 Å². The average molecular weight is 211 g/mol. The van der Waals surface area contributed by atoms with Crippen molar-refractivity contribution in [1.82, 2.24) is 9.55 Å². The van der Waals surface area contributed by atoms with E-state index in [0.717, 1.165) is 29.1 Å². The van der Waals surface area contributed by atoms with Crippen molar-refractivity contribution >= 4 is 0 Å². The van der Waals surface area contributed by atoms with Crippen molar-refractivity contribution in [3.05, 3.63) is 41.9 Å². The van der Waals surface area contributed by atoms with Gasteiger partial charge in [0.1, 0.15) is 6.07 Å². The van der Waals surface area contributed by atoms with Crippen LogP contribution in [0.3, 0.4) is 0 Å². The number of nitriles is 1. The van der Waals surface area contributed by atoms with Gasteiger partial charge in [0.25, 0.3) is 0 Å². The molecule has 0 aliphatic carbocycles. The lowest BCUT2D eigenvalue weighted by atomic mass is 10.2. The van der Waals surface area contributed by atoms with E-state index >= 15 is 0 Å². The van der Waals surface area contributed by atoms with Gasteiger partial charge in [-0.2, -0.15) is 5.26 Å². The summed E-state index contributed by atoms with van der Waals surface area (Å²) in [4.78, 5) is 4.10. The Morgan fingerprint density at radius 2 is 2.31 bits per heavy atom. The summed E-state index contributed by atoms with van der Waals surface area (Å²) in [6, 6.07) is 8.06. The fraction of sp³-hybridized carbons (Fsp3) is 0.231. The minimum Gasteiger partial charge on any atom is -0.344 e. The molecular formula is C13H13N3. The Balaban J connectivity index is 2.62. The van der Waals surface area contributed by atoms with Gasteiger partial charge < -0.3 is 4.57 Å². The van der Waals surface area contributed by atoms with E-state index in [1.165, 1.54) is 0 Å². The van der Waals surface area contributed by atoms with Crippen LogP contribution in [0.5, 0.6) is 0 Å². The first kappa shape index (κ1) is 10.4. The third-order valence-corrected chi connectivity index (χ3v) is 2.76. The molecule has 0 spiro atoms. The van der Waals surface area contributed by atoms with E-state index in [4.69, 9.17) is 5.26 Å². The van der Waals surface area contributed by atoms with Crippen molar-refractivity contribution in [1.29, 1.82) is 5.26 Å². The van der Waals surface area contributed by atoms with Crippen LogP contribution in [0.4, 0.5) is 0 Å². The van der Waals surface area contributed by atoms with Crippen LogP contribution >= 0.6 is 0 Å². The average Bonchev–Trinajstić information content (AvgIpc) is 2.66. The molecule has 0 aliphatic rings. The van der Waals surface area contributed by atoms with Gasteiger partial charge >= 0.3 is 0 Å². The highest BCUT2D eigenvalue weighted by Crippen LogP contribution is 2.24. The highest BCUT2D eigenvalue weighted by molar-refractivity contribution is 5.63. The number of hydrogen-bond donors (Lipinski definition) is 0. The summed E-state index contributed by atoms with van der Waals surface area (Å²) < 4.78 is 2.13. The summed E-state index contributed by atoms with van der Waals surface area (Å²) in [5.74, 6) is 0. The monoisotopic (exact) mass is 211 g/mol. The van der Waals surface area contributed by atoms with Crippen molar-refractivity contribution in [3.8, 4) is 17.3 Å². The highest BCUT2D eigenvalue weighted by Gasteiger charge is 2.11. The second-order valence-corrected chi connectivity index (χ2v) is 3.63. The molecule has 0 aliphatic heterocycles. The number of nitrogens with zero attached hydrogens (tertiary/aromatic N) is 3. The predicted octanol–water partition coefficient (Wildman–Crippen LogP) is 2.75. The maximum atomic E-state index is 9.02. The molecule has 0 saturated carbocycles. The standard InChI is InChI=1S/C13H13N3/c1-3-16-10(2)12(8-14)7-13(16)11-5-4-6-15-9-11/h4-7,9H,3H2,1-2H3. The Morgan fingerprint density at radius 1 is 1.50 bits per heavy atom. The zero-order valence-electron chi connectivity index (χ0n) is 9.44. The van der Waals surface area contributed by atoms with Gasteiger partial charge in [-0.05, 0) is 32.0 Å². The van der Waals surface area contributed by atoms with Crippen molar-refractivity contribution in [3.63, 3.8) is 0 Å². The van der Waals surface area contributed by atoms with Crippen LogP contribution in [-0.2, 0) is 6.54 Å². The lowest BCUT2D eigenvalue weighted by Gasteiger charge is -2.08. The van der Waals surface area contributed by atoms with E-state index in [1.54, 1.807) is 6.20 Å². The van der Waals surface area contributed by atoms with E-state index in [9.17, 15) is 0 Å². The SMILES string of the molecule is CCn1c(-c2cccnc2)cc(C#N)c1C. The van der Waals surface area contributed by atoms with E-state index < -0.39 is 0 Å². The van der Waals surface area contributed by atoms with Gasteiger partial charge in [0, 0.05) is 30.2 Å². The summed E-state index contributed by atoms with van der Waals surface area (Å²) in [5.41, 5.74) is 3.86. The van der Waals surface area contributed by atoms with Crippen LogP contribution in [-0.4, -0.2) is 9.55 Å². The molecule has 3 nitrogen and oxygen atoms in total. The van der Waals surface area contributed by atoms with Gasteiger partial charge in [-0.25, -0.2) is 0 Å². The number of aromatic nitrogens is 2. The second-order valence-electron chi connectivity index (χ2n) is 3.63. The topological polar surface area (TPSA) is 41.6 Å². The van der Waals surface area contributed by atoms with Crippen LogP contribution in [0.15, 0.2) is 30.6 Å². The smallest absolute Gasteiger partial charge is 0.101 e. The molecule has 0 radical (unpaired) electrons. The minimum atomic E-state index is 0.737. The zero-order valence-corrected chi connectivity index (χ0v) is 9.44. The Morgan fingerprint density at radius 3 is 2.88 bits per heavy atom. The molecule has 0 fully saturated rings. The lowest BCUT2D eigenvalue weighted by Crippen LogP contribution is -1.99. The summed E-state index contributed by atoms with van der Waals surface area (Å²) in [7, 11) is 0. The fourth-order valence-corrected chi connectivity index (χ4v) is 1.92. The molecular weight excluding hydrogens is 198 g/mol. The minimum absolute atomic E-state index is 0.737. The van der Waals surface area contributed by atoms with Crippen molar-refractivity contribution in [2.45, 2.75) is 20.4 Å². The van der Waals surface area contributed by atoms with Gasteiger partial charge in [-0.1, -0.05) is 0 Å². The maximum Gasteiger partial charge on any atom is 0.101 e. The molecule has 2 rings (SSSR count). The summed E-state index contributed by atoms with van der Waals surface area (Å²) >= 11 is 0. The molecule has 2 aromatic rings. The maximum absolute atomic E-state index is 9.02. The quantitative estimate of drug-likeness (QED) is 0.766. The Kier molecular flexibility index (Phi) is 2.74. The molecule has 0 bridgehead atoms. The first-order chi connectivity index (χ1) is 7.77. The van der Waals surface area contributed by atoms with E-state index in [1.807, 2.05) is 31.3 Å². The first-order valence-corrected chi connectivity index (χ1v) is 5.28. The Hall–Kier alpha value is -2.08. The van der Waals surface area contributed by atoms with Gasteiger partial charge in [-0.3, -0.25) is 4.98 Å². The number of hydrogen-bond acceptors (Lipinski definition) is 2. The Bertz CT molecular complexity index is 532. The van der Waals surface area contributed by atoms with Crippen molar-refractivity contribution < 1.29 is 0 Å². The Labute approximate surface area is 95.0 Å². The van der Waals surface area contributed by atoms with Gasteiger partial charge in [0.2, 0.25) is 0 Å². The van der Waals surface area contributed by atoms with Gasteiger partial charge in [0.15, 0.2) is 0 Å². The van der Waals surface area contributed by atoms with E-state index in [-0.39, 0.29) is 0 Å². The van der Waals surface area contributed by atoms with E-state index in [2.05, 4.69) is 22.5 Å².